The summed E-state index contributed by atoms with van der Waals surface area (Å²) in [6, 6.07) is 11.0. The van der Waals surface area contributed by atoms with Gasteiger partial charge >= 0.3 is 0 Å². The molecule has 0 radical (unpaired) electrons. The fraction of sp³-hybridized carbons (Fsp3) is 0.250. The quantitative estimate of drug-likeness (QED) is 0.928. The highest BCUT2D eigenvalue weighted by Crippen LogP contribution is 2.32. The minimum absolute atomic E-state index is 0.135. The Labute approximate surface area is 122 Å². The number of hydrogen-bond donors (Lipinski definition) is 1. The summed E-state index contributed by atoms with van der Waals surface area (Å²) in [6.45, 7) is 1.30. The highest BCUT2D eigenvalue weighted by atomic mass is 35.5. The second kappa shape index (κ2) is 5.52. The van der Waals surface area contributed by atoms with Gasteiger partial charge in [0.05, 0.1) is 24.3 Å². The molecule has 1 atom stereocenters. The van der Waals surface area contributed by atoms with Gasteiger partial charge in [-0.05, 0) is 35.4 Å². The van der Waals surface area contributed by atoms with Crippen molar-refractivity contribution in [3.8, 4) is 0 Å². The Hall–Kier alpha value is -1.42. The zero-order valence-electron chi connectivity index (χ0n) is 11.1. The van der Waals surface area contributed by atoms with Crippen molar-refractivity contribution in [2.75, 3.05) is 7.05 Å². The van der Waals surface area contributed by atoms with Crippen LogP contribution < -0.4 is 5.32 Å². The molecule has 0 saturated carbocycles. The lowest BCUT2D eigenvalue weighted by atomic mass is 9.95. The number of nitrogens with one attached hydrogen (secondary N) is 1. The minimum atomic E-state index is -0.395. The van der Waals surface area contributed by atoms with Crippen molar-refractivity contribution in [2.45, 2.75) is 19.3 Å². The number of halogens is 2. The standard InChI is InChI=1S/C16H15ClFNO/c1-19-16(13-3-2-4-14(18)15(13)17)10-5-6-11-8-20-9-12(11)7-10/h2-7,16,19H,8-9H2,1H3. The molecule has 0 bridgehead atoms. The summed E-state index contributed by atoms with van der Waals surface area (Å²) in [7, 11) is 1.84. The van der Waals surface area contributed by atoms with Crippen LogP contribution in [-0.2, 0) is 18.0 Å². The molecule has 2 nitrogen and oxygen atoms in total. The van der Waals surface area contributed by atoms with E-state index >= 15 is 0 Å². The molecule has 1 aliphatic heterocycles. The van der Waals surface area contributed by atoms with Gasteiger partial charge in [-0.25, -0.2) is 4.39 Å². The molecule has 1 unspecified atom stereocenters. The van der Waals surface area contributed by atoms with Gasteiger partial charge in [0.25, 0.3) is 0 Å². The third-order valence-corrected chi connectivity index (χ3v) is 4.06. The third-order valence-electron chi connectivity index (χ3n) is 3.66. The van der Waals surface area contributed by atoms with Crippen molar-refractivity contribution in [1.29, 1.82) is 0 Å². The monoisotopic (exact) mass is 291 g/mol. The van der Waals surface area contributed by atoms with Crippen molar-refractivity contribution >= 4 is 11.6 Å². The van der Waals surface area contributed by atoms with Gasteiger partial charge < -0.3 is 10.1 Å². The topological polar surface area (TPSA) is 21.3 Å². The molecule has 104 valence electrons. The summed E-state index contributed by atoms with van der Waals surface area (Å²) in [6.07, 6.45) is 0. The second-order valence-corrected chi connectivity index (χ2v) is 5.26. The maximum Gasteiger partial charge on any atom is 0.142 e. The molecule has 3 rings (SSSR count). The van der Waals surface area contributed by atoms with Gasteiger partial charge in [-0.1, -0.05) is 41.9 Å². The highest BCUT2D eigenvalue weighted by molar-refractivity contribution is 6.31. The van der Waals surface area contributed by atoms with Crippen LogP contribution in [0.2, 0.25) is 5.02 Å². The second-order valence-electron chi connectivity index (χ2n) is 4.89. The number of fused-ring (bicyclic) bond motifs is 1. The van der Waals surface area contributed by atoms with E-state index in [1.165, 1.54) is 17.2 Å². The molecule has 0 amide bonds. The first kappa shape index (κ1) is 13.6. The zero-order chi connectivity index (χ0) is 14.1. The van der Waals surface area contributed by atoms with E-state index in [0.717, 1.165) is 11.1 Å². The molecule has 0 aliphatic carbocycles. The zero-order valence-corrected chi connectivity index (χ0v) is 11.9. The van der Waals surface area contributed by atoms with Crippen molar-refractivity contribution in [1.82, 2.24) is 5.32 Å². The van der Waals surface area contributed by atoms with Crippen LogP contribution in [0.25, 0.3) is 0 Å². The predicted molar refractivity (Wildman–Crippen MR) is 77.2 cm³/mol. The Balaban J connectivity index is 2.03. The maximum absolute atomic E-state index is 13.6. The third kappa shape index (κ3) is 2.33. The first-order valence-corrected chi connectivity index (χ1v) is 6.89. The van der Waals surface area contributed by atoms with Gasteiger partial charge in [0, 0.05) is 0 Å². The van der Waals surface area contributed by atoms with Gasteiger partial charge in [0.15, 0.2) is 0 Å². The summed E-state index contributed by atoms with van der Waals surface area (Å²) in [5.41, 5.74) is 4.21. The van der Waals surface area contributed by atoms with Crippen molar-refractivity contribution < 1.29 is 9.13 Å². The molecule has 0 spiro atoms. The van der Waals surface area contributed by atoms with Crippen LogP contribution in [0.4, 0.5) is 4.39 Å². The molecular weight excluding hydrogens is 277 g/mol. The molecule has 0 aromatic heterocycles. The number of ether oxygens (including phenoxy) is 1. The Morgan fingerprint density at radius 3 is 2.80 bits per heavy atom. The summed E-state index contributed by atoms with van der Waals surface area (Å²) in [4.78, 5) is 0. The van der Waals surface area contributed by atoms with Gasteiger partial charge in [0.1, 0.15) is 5.82 Å². The smallest absolute Gasteiger partial charge is 0.142 e. The van der Waals surface area contributed by atoms with E-state index in [2.05, 4.69) is 17.4 Å². The molecule has 0 fully saturated rings. The summed E-state index contributed by atoms with van der Waals surface area (Å²) in [5.74, 6) is -0.395. The Bertz CT molecular complexity index is 644. The van der Waals surface area contributed by atoms with Crippen molar-refractivity contribution in [3.05, 3.63) is 69.5 Å². The number of benzene rings is 2. The number of hydrogen-bond acceptors (Lipinski definition) is 2. The van der Waals surface area contributed by atoms with Crippen LogP contribution in [0.1, 0.15) is 28.3 Å². The first-order valence-electron chi connectivity index (χ1n) is 6.51. The lowest BCUT2D eigenvalue weighted by molar-refractivity contribution is 0.134. The van der Waals surface area contributed by atoms with Crippen LogP contribution in [0, 0.1) is 5.82 Å². The molecule has 0 saturated heterocycles. The summed E-state index contributed by atoms with van der Waals surface area (Å²) < 4.78 is 19.1. The SMILES string of the molecule is CNC(c1ccc2c(c1)COC2)c1cccc(F)c1Cl. The van der Waals surface area contributed by atoms with Gasteiger partial charge in [-0.15, -0.1) is 0 Å². The number of rotatable bonds is 3. The largest absolute Gasteiger partial charge is 0.372 e. The average Bonchev–Trinajstić information content (AvgIpc) is 2.92. The lowest BCUT2D eigenvalue weighted by Gasteiger charge is -2.19. The normalized spacial score (nSPS) is 15.2. The highest BCUT2D eigenvalue weighted by Gasteiger charge is 2.19. The predicted octanol–water partition coefficient (Wildman–Crippen LogP) is 3.82. The molecule has 1 aliphatic rings. The van der Waals surface area contributed by atoms with Crippen LogP contribution in [0.5, 0.6) is 0 Å². The first-order chi connectivity index (χ1) is 9.70. The van der Waals surface area contributed by atoms with Crippen LogP contribution in [0.3, 0.4) is 0 Å². The Morgan fingerprint density at radius 1 is 1.20 bits per heavy atom. The van der Waals surface area contributed by atoms with E-state index in [0.29, 0.717) is 13.2 Å². The van der Waals surface area contributed by atoms with Crippen LogP contribution in [-0.4, -0.2) is 7.05 Å². The fourth-order valence-corrected chi connectivity index (χ4v) is 2.85. The fourth-order valence-electron chi connectivity index (χ4n) is 2.62. The van der Waals surface area contributed by atoms with Crippen molar-refractivity contribution in [3.63, 3.8) is 0 Å². The minimum Gasteiger partial charge on any atom is -0.372 e. The van der Waals surface area contributed by atoms with E-state index in [1.54, 1.807) is 6.07 Å². The molecule has 2 aromatic carbocycles. The van der Waals surface area contributed by atoms with Gasteiger partial charge in [-0.3, -0.25) is 0 Å². The Morgan fingerprint density at radius 2 is 2.00 bits per heavy atom. The maximum atomic E-state index is 13.6. The molecule has 20 heavy (non-hydrogen) atoms. The van der Waals surface area contributed by atoms with Crippen molar-refractivity contribution in [2.24, 2.45) is 0 Å². The van der Waals surface area contributed by atoms with Gasteiger partial charge in [-0.2, -0.15) is 0 Å². The molecule has 1 N–H and O–H groups in total. The average molecular weight is 292 g/mol. The van der Waals surface area contributed by atoms with E-state index in [1.807, 2.05) is 19.2 Å². The Kier molecular flexibility index (Phi) is 3.74. The molecule has 4 heteroatoms. The summed E-state index contributed by atoms with van der Waals surface area (Å²) >= 11 is 6.09. The summed E-state index contributed by atoms with van der Waals surface area (Å²) in [5, 5.41) is 3.37. The lowest BCUT2D eigenvalue weighted by Crippen LogP contribution is -2.18. The van der Waals surface area contributed by atoms with Crippen LogP contribution >= 0.6 is 11.6 Å². The van der Waals surface area contributed by atoms with E-state index < -0.39 is 5.82 Å². The van der Waals surface area contributed by atoms with E-state index in [-0.39, 0.29) is 11.1 Å². The van der Waals surface area contributed by atoms with E-state index in [9.17, 15) is 4.39 Å². The molecular formula is C16H15ClFNO. The van der Waals surface area contributed by atoms with Crippen LogP contribution in [0.15, 0.2) is 36.4 Å². The molecule has 2 aromatic rings. The van der Waals surface area contributed by atoms with E-state index in [4.69, 9.17) is 16.3 Å². The molecule has 1 heterocycles. The van der Waals surface area contributed by atoms with Gasteiger partial charge in [0.2, 0.25) is 0 Å².